The Morgan fingerprint density at radius 3 is 2.42 bits per heavy atom. The fourth-order valence-electron chi connectivity index (χ4n) is 2.98. The van der Waals surface area contributed by atoms with E-state index in [0.29, 0.717) is 18.3 Å². The van der Waals surface area contributed by atoms with Gasteiger partial charge in [-0.3, -0.25) is 4.79 Å². The van der Waals surface area contributed by atoms with Crippen LogP contribution in [0.3, 0.4) is 0 Å². The van der Waals surface area contributed by atoms with E-state index in [2.05, 4.69) is 38.6 Å². The normalized spacial score (nSPS) is 25.1. The van der Waals surface area contributed by atoms with Gasteiger partial charge in [-0.15, -0.1) is 0 Å². The molecule has 0 N–H and O–H groups in total. The number of thiol groups is 1. The van der Waals surface area contributed by atoms with Crippen LogP contribution in [0.2, 0.25) is 0 Å². The average Bonchev–Trinajstić information content (AvgIpc) is 2.37. The molecule has 19 heavy (non-hydrogen) atoms. The Morgan fingerprint density at radius 2 is 1.84 bits per heavy atom. The molecule has 3 atom stereocenters. The van der Waals surface area contributed by atoms with E-state index >= 15 is 0 Å². The lowest BCUT2D eigenvalue weighted by Crippen LogP contribution is -2.46. The van der Waals surface area contributed by atoms with Gasteiger partial charge in [0.1, 0.15) is 0 Å². The maximum atomic E-state index is 12.4. The van der Waals surface area contributed by atoms with Gasteiger partial charge < -0.3 is 4.90 Å². The molecule has 1 fully saturated rings. The van der Waals surface area contributed by atoms with Gasteiger partial charge >= 0.3 is 0 Å². The van der Waals surface area contributed by atoms with E-state index in [-0.39, 0.29) is 11.2 Å². The lowest BCUT2D eigenvalue weighted by Gasteiger charge is -2.36. The van der Waals surface area contributed by atoms with Crippen molar-refractivity contribution in [3.05, 3.63) is 35.9 Å². The van der Waals surface area contributed by atoms with E-state index in [1.807, 2.05) is 23.1 Å². The highest BCUT2D eigenvalue weighted by molar-refractivity contribution is 7.81. The number of rotatable bonds is 3. The number of piperidine rings is 1. The van der Waals surface area contributed by atoms with Crippen LogP contribution >= 0.6 is 12.6 Å². The van der Waals surface area contributed by atoms with Gasteiger partial charge in [0.15, 0.2) is 0 Å². The number of hydrogen-bond donors (Lipinski definition) is 1. The molecule has 0 spiro atoms. The van der Waals surface area contributed by atoms with Crippen LogP contribution in [0.25, 0.3) is 0 Å². The molecule has 2 rings (SSSR count). The molecule has 0 radical (unpaired) electrons. The Kier molecular flexibility index (Phi) is 4.92. The summed E-state index contributed by atoms with van der Waals surface area (Å²) in [5.74, 6) is 1.39. The molecular weight excluding hydrogens is 254 g/mol. The molecule has 1 amide bonds. The Morgan fingerprint density at radius 1 is 1.26 bits per heavy atom. The summed E-state index contributed by atoms with van der Waals surface area (Å²) in [5, 5.41) is -0.222. The van der Waals surface area contributed by atoms with Crippen molar-refractivity contribution in [2.45, 2.75) is 31.9 Å². The van der Waals surface area contributed by atoms with Crippen molar-refractivity contribution in [3.63, 3.8) is 0 Å². The maximum Gasteiger partial charge on any atom is 0.235 e. The van der Waals surface area contributed by atoms with Crippen LogP contribution in [0.1, 0.15) is 25.8 Å². The van der Waals surface area contributed by atoms with Gasteiger partial charge in [-0.25, -0.2) is 0 Å². The van der Waals surface area contributed by atoms with E-state index < -0.39 is 0 Å². The predicted molar refractivity (Wildman–Crippen MR) is 82.4 cm³/mol. The van der Waals surface area contributed by atoms with Crippen LogP contribution in [0, 0.1) is 11.8 Å². The molecule has 3 unspecified atom stereocenters. The van der Waals surface area contributed by atoms with E-state index in [4.69, 9.17) is 0 Å². The minimum Gasteiger partial charge on any atom is -0.341 e. The lowest BCUT2D eigenvalue weighted by molar-refractivity contribution is -0.133. The molecule has 2 nitrogen and oxygen atoms in total. The second-order valence-electron chi connectivity index (χ2n) is 5.89. The highest BCUT2D eigenvalue weighted by atomic mass is 32.1. The molecule has 0 bridgehead atoms. The first-order chi connectivity index (χ1) is 9.06. The molecule has 1 aliphatic heterocycles. The van der Waals surface area contributed by atoms with E-state index in [9.17, 15) is 4.79 Å². The van der Waals surface area contributed by atoms with E-state index in [1.54, 1.807) is 0 Å². The number of likely N-dealkylation sites (tertiary alicyclic amines) is 1. The SMILES string of the molecule is CC1CC(C)CN(C(=O)C(S)Cc2ccccc2)C1. The van der Waals surface area contributed by atoms with Crippen molar-refractivity contribution in [2.75, 3.05) is 13.1 Å². The summed E-state index contributed by atoms with van der Waals surface area (Å²) in [6, 6.07) is 10.1. The standard InChI is InChI=1S/C16H23NOS/c1-12-8-13(2)11-17(10-12)16(18)15(19)9-14-6-4-3-5-7-14/h3-7,12-13,15,19H,8-11H2,1-2H3. The lowest BCUT2D eigenvalue weighted by atomic mass is 9.91. The van der Waals surface area contributed by atoms with Crippen LogP contribution in [-0.2, 0) is 11.2 Å². The molecule has 0 aliphatic carbocycles. The summed E-state index contributed by atoms with van der Waals surface area (Å²) >= 11 is 4.51. The Bertz CT molecular complexity index is 410. The van der Waals surface area contributed by atoms with E-state index in [1.165, 1.54) is 12.0 Å². The zero-order valence-corrected chi connectivity index (χ0v) is 12.6. The number of carbonyl (C=O) groups is 1. The minimum atomic E-state index is -0.222. The first-order valence-electron chi connectivity index (χ1n) is 7.07. The van der Waals surface area contributed by atoms with Crippen LogP contribution in [0.15, 0.2) is 30.3 Å². The van der Waals surface area contributed by atoms with Gasteiger partial charge in [0.2, 0.25) is 5.91 Å². The van der Waals surface area contributed by atoms with Crippen molar-refractivity contribution in [2.24, 2.45) is 11.8 Å². The zero-order chi connectivity index (χ0) is 13.8. The first kappa shape index (κ1) is 14.4. The number of hydrogen-bond acceptors (Lipinski definition) is 2. The van der Waals surface area contributed by atoms with Crippen molar-refractivity contribution in [1.29, 1.82) is 0 Å². The summed E-state index contributed by atoms with van der Waals surface area (Å²) in [5.41, 5.74) is 1.17. The van der Waals surface area contributed by atoms with Gasteiger partial charge in [-0.1, -0.05) is 44.2 Å². The van der Waals surface area contributed by atoms with Crippen LogP contribution in [0.4, 0.5) is 0 Å². The van der Waals surface area contributed by atoms with Crippen LogP contribution in [-0.4, -0.2) is 29.1 Å². The second kappa shape index (κ2) is 6.47. The highest BCUT2D eigenvalue weighted by Gasteiger charge is 2.28. The summed E-state index contributed by atoms with van der Waals surface area (Å²) < 4.78 is 0. The smallest absolute Gasteiger partial charge is 0.235 e. The van der Waals surface area contributed by atoms with Gasteiger partial charge in [-0.2, -0.15) is 12.6 Å². The summed E-state index contributed by atoms with van der Waals surface area (Å²) in [4.78, 5) is 14.4. The summed E-state index contributed by atoms with van der Waals surface area (Å²) in [6.45, 7) is 6.21. The Hall–Kier alpha value is -0.960. The fourth-order valence-corrected chi connectivity index (χ4v) is 3.35. The van der Waals surface area contributed by atoms with Crippen LogP contribution < -0.4 is 0 Å². The molecular formula is C16H23NOS. The summed E-state index contributed by atoms with van der Waals surface area (Å²) in [6.07, 6.45) is 1.93. The molecule has 1 saturated heterocycles. The third-order valence-electron chi connectivity index (χ3n) is 3.74. The molecule has 104 valence electrons. The quantitative estimate of drug-likeness (QED) is 0.842. The average molecular weight is 277 g/mol. The van der Waals surface area contributed by atoms with Crippen molar-refractivity contribution >= 4 is 18.5 Å². The van der Waals surface area contributed by atoms with Crippen molar-refractivity contribution in [3.8, 4) is 0 Å². The fraction of sp³-hybridized carbons (Fsp3) is 0.562. The summed E-state index contributed by atoms with van der Waals surface area (Å²) in [7, 11) is 0. The topological polar surface area (TPSA) is 20.3 Å². The monoisotopic (exact) mass is 277 g/mol. The molecule has 1 aromatic carbocycles. The van der Waals surface area contributed by atoms with Gasteiger partial charge in [0.25, 0.3) is 0 Å². The van der Waals surface area contributed by atoms with Gasteiger partial charge in [0.05, 0.1) is 5.25 Å². The molecule has 0 aromatic heterocycles. The van der Waals surface area contributed by atoms with Crippen molar-refractivity contribution in [1.82, 2.24) is 4.90 Å². The predicted octanol–water partition coefficient (Wildman–Crippen LogP) is 3.03. The van der Waals surface area contributed by atoms with Gasteiger partial charge in [0, 0.05) is 13.1 Å². The molecule has 0 saturated carbocycles. The first-order valence-corrected chi connectivity index (χ1v) is 7.58. The second-order valence-corrected chi connectivity index (χ2v) is 6.52. The Balaban J connectivity index is 1.95. The number of nitrogens with zero attached hydrogens (tertiary/aromatic N) is 1. The van der Waals surface area contributed by atoms with Crippen LogP contribution in [0.5, 0.6) is 0 Å². The van der Waals surface area contributed by atoms with Gasteiger partial charge in [-0.05, 0) is 30.2 Å². The number of carbonyl (C=O) groups excluding carboxylic acids is 1. The zero-order valence-electron chi connectivity index (χ0n) is 11.7. The highest BCUT2D eigenvalue weighted by Crippen LogP contribution is 2.22. The number of benzene rings is 1. The van der Waals surface area contributed by atoms with Crippen molar-refractivity contribution < 1.29 is 4.79 Å². The Labute approximate surface area is 121 Å². The molecule has 1 heterocycles. The van der Waals surface area contributed by atoms with E-state index in [0.717, 1.165) is 13.1 Å². The maximum absolute atomic E-state index is 12.4. The molecule has 3 heteroatoms. The third-order valence-corrected chi connectivity index (χ3v) is 4.14. The largest absolute Gasteiger partial charge is 0.341 e. The molecule has 1 aromatic rings. The molecule has 1 aliphatic rings. The minimum absolute atomic E-state index is 0.186. The number of amides is 1. The third kappa shape index (κ3) is 4.00.